The second-order valence-electron chi connectivity index (χ2n) is 7.89. The first-order valence-electron chi connectivity index (χ1n) is 10.6. The summed E-state index contributed by atoms with van der Waals surface area (Å²) >= 11 is 0. The molecule has 6 heteroatoms. The largest absolute Gasteiger partial charge is 0.349 e. The zero-order valence-corrected chi connectivity index (χ0v) is 17.4. The molecule has 1 aliphatic rings. The van der Waals surface area contributed by atoms with Crippen LogP contribution < -0.4 is 5.32 Å². The van der Waals surface area contributed by atoms with E-state index in [0.29, 0.717) is 25.1 Å². The maximum Gasteiger partial charge on any atom is 0.271 e. The van der Waals surface area contributed by atoms with Gasteiger partial charge in [-0.05, 0) is 34.4 Å². The Balaban J connectivity index is 1.45. The molecule has 1 aliphatic heterocycles. The van der Waals surface area contributed by atoms with Gasteiger partial charge in [0.25, 0.3) is 11.8 Å². The number of carbonyl (C=O) groups excluding carboxylic acids is 2. The van der Waals surface area contributed by atoms with Crippen LogP contribution in [-0.2, 0) is 13.0 Å². The lowest BCUT2D eigenvalue weighted by Crippen LogP contribution is -2.50. The third-order valence-corrected chi connectivity index (χ3v) is 5.93. The van der Waals surface area contributed by atoms with E-state index in [2.05, 4.69) is 27.4 Å². The van der Waals surface area contributed by atoms with Crippen LogP contribution >= 0.6 is 0 Å². The molecule has 0 saturated heterocycles. The predicted molar refractivity (Wildman–Crippen MR) is 122 cm³/mol. The number of rotatable bonds is 4. The van der Waals surface area contributed by atoms with E-state index in [-0.39, 0.29) is 23.6 Å². The minimum absolute atomic E-state index is 0.0324. The topological polar surface area (TPSA) is 75.2 Å². The Kier molecular flexibility index (Phi) is 5.34. The Labute approximate surface area is 185 Å². The smallest absolute Gasteiger partial charge is 0.271 e. The molecule has 1 atom stereocenters. The van der Waals surface area contributed by atoms with E-state index < -0.39 is 0 Å². The minimum atomic E-state index is -0.297. The highest BCUT2D eigenvalue weighted by atomic mass is 16.2. The third kappa shape index (κ3) is 3.83. The first-order valence-corrected chi connectivity index (χ1v) is 10.6. The quantitative estimate of drug-likeness (QED) is 0.545. The summed E-state index contributed by atoms with van der Waals surface area (Å²) in [6.07, 6.45) is 5.12. The summed E-state index contributed by atoms with van der Waals surface area (Å²) in [7, 11) is 0. The summed E-state index contributed by atoms with van der Waals surface area (Å²) in [4.78, 5) is 36.2. The van der Waals surface area contributed by atoms with Gasteiger partial charge in [0.1, 0.15) is 5.69 Å². The van der Waals surface area contributed by atoms with Gasteiger partial charge >= 0.3 is 0 Å². The van der Waals surface area contributed by atoms with E-state index in [1.165, 1.54) is 24.2 Å². The molecule has 0 spiro atoms. The summed E-state index contributed by atoms with van der Waals surface area (Å²) in [6, 6.07) is 21.7. The summed E-state index contributed by atoms with van der Waals surface area (Å²) in [5.74, 6) is -0.329. The molecule has 6 nitrogen and oxygen atoms in total. The first kappa shape index (κ1) is 19.9. The van der Waals surface area contributed by atoms with Gasteiger partial charge in [-0.15, -0.1) is 0 Å². The fourth-order valence-electron chi connectivity index (χ4n) is 4.29. The van der Waals surface area contributed by atoms with Crippen LogP contribution in [0.1, 0.15) is 32.0 Å². The van der Waals surface area contributed by atoms with Gasteiger partial charge in [-0.25, -0.2) is 4.98 Å². The molecular formula is C26H22N4O2. The van der Waals surface area contributed by atoms with E-state index in [1.54, 1.807) is 0 Å². The zero-order valence-electron chi connectivity index (χ0n) is 17.4. The Morgan fingerprint density at radius 2 is 1.72 bits per heavy atom. The molecule has 1 unspecified atom stereocenters. The molecule has 158 valence electrons. The second-order valence-corrected chi connectivity index (χ2v) is 7.89. The molecular weight excluding hydrogens is 400 g/mol. The second kappa shape index (κ2) is 8.59. The van der Waals surface area contributed by atoms with E-state index in [9.17, 15) is 9.59 Å². The molecule has 0 radical (unpaired) electrons. The van der Waals surface area contributed by atoms with Gasteiger partial charge in [0.15, 0.2) is 0 Å². The van der Waals surface area contributed by atoms with Gasteiger partial charge in [0, 0.05) is 31.0 Å². The van der Waals surface area contributed by atoms with Gasteiger partial charge in [0.2, 0.25) is 0 Å². The highest BCUT2D eigenvalue weighted by Gasteiger charge is 2.31. The number of nitrogens with zero attached hydrogens (tertiary/aromatic N) is 3. The van der Waals surface area contributed by atoms with Crippen molar-refractivity contribution in [2.75, 3.05) is 6.54 Å². The van der Waals surface area contributed by atoms with Crippen LogP contribution in [0.4, 0.5) is 0 Å². The number of carbonyl (C=O) groups is 2. The Hall–Kier alpha value is -4.06. The van der Waals surface area contributed by atoms with Gasteiger partial charge in [0.05, 0.1) is 12.2 Å². The number of aromatic nitrogens is 2. The van der Waals surface area contributed by atoms with Gasteiger partial charge < -0.3 is 10.2 Å². The first-order chi connectivity index (χ1) is 15.7. The highest BCUT2D eigenvalue weighted by Crippen LogP contribution is 2.27. The van der Waals surface area contributed by atoms with Crippen molar-refractivity contribution in [2.45, 2.75) is 19.0 Å². The highest BCUT2D eigenvalue weighted by molar-refractivity contribution is 6.07. The van der Waals surface area contributed by atoms with Crippen LogP contribution in [0.25, 0.3) is 10.8 Å². The van der Waals surface area contributed by atoms with Crippen LogP contribution in [-0.4, -0.2) is 39.3 Å². The normalized spacial score (nSPS) is 15.2. The molecule has 3 aromatic carbocycles. The lowest BCUT2D eigenvalue weighted by Gasteiger charge is -2.37. The van der Waals surface area contributed by atoms with Crippen molar-refractivity contribution in [1.29, 1.82) is 0 Å². The molecule has 4 aromatic rings. The average molecular weight is 422 g/mol. The van der Waals surface area contributed by atoms with Crippen molar-refractivity contribution in [3.63, 3.8) is 0 Å². The summed E-state index contributed by atoms with van der Waals surface area (Å²) < 4.78 is 0. The standard InChI is InChI=1S/C26H22N4O2/c31-25(24-16-27-12-13-28-24)29-15-21-14-19-7-1-2-8-20(19)17-30(21)26(32)23-11-5-9-18-6-3-4-10-22(18)23/h1-13,16,21H,14-15,17H2,(H,29,31). The molecule has 5 rings (SSSR count). The lowest BCUT2D eigenvalue weighted by molar-refractivity contribution is 0.0630. The lowest BCUT2D eigenvalue weighted by atomic mass is 9.92. The number of amides is 2. The molecule has 0 aliphatic carbocycles. The van der Waals surface area contributed by atoms with E-state index in [4.69, 9.17) is 0 Å². The molecule has 0 saturated carbocycles. The number of hydrogen-bond donors (Lipinski definition) is 1. The van der Waals surface area contributed by atoms with Crippen molar-refractivity contribution in [1.82, 2.24) is 20.2 Å². The number of hydrogen-bond acceptors (Lipinski definition) is 4. The molecule has 0 bridgehead atoms. The monoisotopic (exact) mass is 422 g/mol. The molecule has 0 fully saturated rings. The molecule has 2 heterocycles. The fraction of sp³-hybridized carbons (Fsp3) is 0.154. The fourth-order valence-corrected chi connectivity index (χ4v) is 4.29. The van der Waals surface area contributed by atoms with E-state index >= 15 is 0 Å². The van der Waals surface area contributed by atoms with Crippen LogP contribution in [0, 0.1) is 0 Å². The third-order valence-electron chi connectivity index (χ3n) is 5.93. The molecule has 2 amide bonds. The van der Waals surface area contributed by atoms with Crippen LogP contribution in [0.3, 0.4) is 0 Å². The van der Waals surface area contributed by atoms with E-state index in [1.807, 2.05) is 59.5 Å². The molecule has 32 heavy (non-hydrogen) atoms. The van der Waals surface area contributed by atoms with Crippen molar-refractivity contribution >= 4 is 22.6 Å². The number of nitrogens with one attached hydrogen (secondary N) is 1. The van der Waals surface area contributed by atoms with E-state index in [0.717, 1.165) is 16.3 Å². The van der Waals surface area contributed by atoms with Crippen molar-refractivity contribution in [3.8, 4) is 0 Å². The molecule has 1 N–H and O–H groups in total. The van der Waals surface area contributed by atoms with Crippen LogP contribution in [0.2, 0.25) is 0 Å². The number of benzene rings is 3. The maximum atomic E-state index is 13.7. The zero-order chi connectivity index (χ0) is 21.9. The molecule has 1 aromatic heterocycles. The Morgan fingerprint density at radius 3 is 2.56 bits per heavy atom. The van der Waals surface area contributed by atoms with Gasteiger partial charge in [-0.1, -0.05) is 60.7 Å². The van der Waals surface area contributed by atoms with Gasteiger partial charge in [-0.2, -0.15) is 0 Å². The maximum absolute atomic E-state index is 13.7. The van der Waals surface area contributed by atoms with Crippen molar-refractivity contribution in [2.24, 2.45) is 0 Å². The number of fused-ring (bicyclic) bond motifs is 2. The SMILES string of the molecule is O=C(NCC1Cc2ccccc2CN1C(=O)c1cccc2ccccc12)c1cnccn1. The summed E-state index contributed by atoms with van der Waals surface area (Å²) in [5.41, 5.74) is 3.27. The van der Waals surface area contributed by atoms with Crippen molar-refractivity contribution in [3.05, 3.63) is 108 Å². The van der Waals surface area contributed by atoms with Crippen LogP contribution in [0.5, 0.6) is 0 Å². The van der Waals surface area contributed by atoms with Gasteiger partial charge in [-0.3, -0.25) is 14.6 Å². The summed E-state index contributed by atoms with van der Waals surface area (Å²) in [5, 5.41) is 4.90. The Bertz CT molecular complexity index is 1280. The minimum Gasteiger partial charge on any atom is -0.349 e. The predicted octanol–water partition coefficient (Wildman–Crippen LogP) is 3.63. The average Bonchev–Trinajstić information content (AvgIpc) is 2.86. The summed E-state index contributed by atoms with van der Waals surface area (Å²) in [6.45, 7) is 0.837. The van der Waals surface area contributed by atoms with Crippen molar-refractivity contribution < 1.29 is 9.59 Å². The Morgan fingerprint density at radius 1 is 0.938 bits per heavy atom. The van der Waals surface area contributed by atoms with Crippen LogP contribution in [0.15, 0.2) is 85.3 Å².